The van der Waals surface area contributed by atoms with E-state index >= 15 is 0 Å². The van der Waals surface area contributed by atoms with Gasteiger partial charge in [-0.1, -0.05) is 37.8 Å². The zero-order valence-electron chi connectivity index (χ0n) is 8.12. The van der Waals surface area contributed by atoms with Crippen molar-refractivity contribution in [2.45, 2.75) is 31.9 Å². The lowest BCUT2D eigenvalue weighted by molar-refractivity contribution is -0.0210. The lowest BCUT2D eigenvalue weighted by Crippen LogP contribution is -2.33. The van der Waals surface area contributed by atoms with Crippen molar-refractivity contribution in [1.29, 1.82) is 0 Å². The number of hydrogen-bond donors (Lipinski definition) is 0. The lowest BCUT2D eigenvalue weighted by Gasteiger charge is -2.34. The largest absolute Gasteiger partial charge is 0.375 e. The molecule has 1 saturated heterocycles. The van der Waals surface area contributed by atoms with Gasteiger partial charge in [-0.25, -0.2) is 0 Å². The maximum Gasteiger partial charge on any atom is 0.0723 e. The molecular weight excluding hydrogens is 188 g/mol. The van der Waals surface area contributed by atoms with Crippen molar-refractivity contribution < 1.29 is 4.74 Å². The molecule has 0 spiro atoms. The van der Waals surface area contributed by atoms with Gasteiger partial charge >= 0.3 is 0 Å². The fourth-order valence-corrected chi connectivity index (χ4v) is 2.84. The van der Waals surface area contributed by atoms with Gasteiger partial charge in [-0.3, -0.25) is 0 Å². The molecule has 1 atom stereocenters. The van der Waals surface area contributed by atoms with Crippen LogP contribution in [0.5, 0.6) is 0 Å². The van der Waals surface area contributed by atoms with Crippen LogP contribution in [0.3, 0.4) is 0 Å². The number of hydrogen-bond acceptors (Lipinski definition) is 1. The molecule has 1 fully saturated rings. The minimum Gasteiger partial charge on any atom is -0.375 e. The second-order valence-corrected chi connectivity index (χ2v) is 5.52. The third-order valence-corrected chi connectivity index (χ3v) is 4.22. The molecule has 1 aliphatic rings. The average Bonchev–Trinajstić information content (AvgIpc) is 2.20. The second kappa shape index (κ2) is 4.76. The van der Waals surface area contributed by atoms with E-state index in [4.69, 9.17) is 4.74 Å². The Kier molecular flexibility index (Phi) is 3.90. The van der Waals surface area contributed by atoms with Gasteiger partial charge in [-0.05, 0) is 24.8 Å². The van der Waals surface area contributed by atoms with Crippen LogP contribution in [0.4, 0.5) is 0 Å². The summed E-state index contributed by atoms with van der Waals surface area (Å²) in [5.41, 5.74) is 1.38. The van der Waals surface area contributed by atoms with E-state index in [0.717, 1.165) is 16.8 Å². The first-order valence-electron chi connectivity index (χ1n) is 5.01. The van der Waals surface area contributed by atoms with Crippen molar-refractivity contribution in [3.8, 4) is 0 Å². The van der Waals surface area contributed by atoms with E-state index in [1.807, 2.05) is 0 Å². The van der Waals surface area contributed by atoms with Crippen LogP contribution in [0.15, 0.2) is 30.3 Å². The van der Waals surface area contributed by atoms with Crippen molar-refractivity contribution in [1.82, 2.24) is 0 Å². The van der Waals surface area contributed by atoms with Gasteiger partial charge in [0.25, 0.3) is 0 Å². The van der Waals surface area contributed by atoms with Crippen LogP contribution in [0.25, 0.3) is 0 Å². The van der Waals surface area contributed by atoms with E-state index in [-0.39, 0.29) is 12.7 Å². The molecule has 1 aromatic carbocycles. The third-order valence-electron chi connectivity index (χ3n) is 2.85. The summed E-state index contributed by atoms with van der Waals surface area (Å²) in [5.74, 6) is 0. The van der Waals surface area contributed by atoms with Gasteiger partial charge in [0.1, 0.15) is 0 Å². The van der Waals surface area contributed by atoms with Crippen LogP contribution >= 0.6 is 0 Å². The van der Waals surface area contributed by atoms with E-state index in [9.17, 15) is 0 Å². The van der Waals surface area contributed by atoms with Gasteiger partial charge in [0.05, 0.1) is 5.22 Å². The third kappa shape index (κ3) is 2.25. The standard InChI is InChI=1S/C11H16OSi.CH4/c13-11(8-4-5-9-12-11)10-6-2-1-3-7-10;/h1-3,6-7H,4-5,8-9H2,13H3;1H4. The van der Waals surface area contributed by atoms with Crippen LogP contribution in [-0.2, 0) is 9.96 Å². The Morgan fingerprint density at radius 2 is 1.86 bits per heavy atom. The van der Waals surface area contributed by atoms with E-state index in [0.29, 0.717) is 0 Å². The minimum absolute atomic E-state index is 0. The van der Waals surface area contributed by atoms with Crippen molar-refractivity contribution in [3.05, 3.63) is 35.9 Å². The Labute approximate surface area is 89.9 Å². The van der Waals surface area contributed by atoms with Gasteiger partial charge in [0.15, 0.2) is 0 Å². The summed E-state index contributed by atoms with van der Waals surface area (Å²) >= 11 is 0. The van der Waals surface area contributed by atoms with Crippen molar-refractivity contribution in [2.24, 2.45) is 0 Å². The van der Waals surface area contributed by atoms with Crippen LogP contribution < -0.4 is 0 Å². The van der Waals surface area contributed by atoms with Gasteiger partial charge in [-0.2, -0.15) is 0 Å². The molecule has 0 bridgehead atoms. The topological polar surface area (TPSA) is 9.23 Å². The Morgan fingerprint density at radius 3 is 2.43 bits per heavy atom. The van der Waals surface area contributed by atoms with Gasteiger partial charge in [-0.15, -0.1) is 0 Å². The molecule has 1 heterocycles. The molecule has 1 nitrogen and oxygen atoms in total. The highest BCUT2D eigenvalue weighted by Crippen LogP contribution is 2.31. The van der Waals surface area contributed by atoms with Crippen LogP contribution in [0.1, 0.15) is 32.3 Å². The molecular formula is C12H20OSi. The molecule has 2 heteroatoms. The fraction of sp³-hybridized carbons (Fsp3) is 0.500. The summed E-state index contributed by atoms with van der Waals surface area (Å²) in [6.07, 6.45) is 3.76. The number of rotatable bonds is 1. The molecule has 1 unspecified atom stereocenters. The van der Waals surface area contributed by atoms with Gasteiger partial charge in [0.2, 0.25) is 0 Å². The Hall–Kier alpha value is -0.603. The molecule has 0 saturated carbocycles. The molecule has 0 N–H and O–H groups in total. The Bertz CT molecular complexity index is 265. The number of benzene rings is 1. The molecule has 0 amide bonds. The smallest absolute Gasteiger partial charge is 0.0723 e. The fourth-order valence-electron chi connectivity index (χ4n) is 1.95. The summed E-state index contributed by atoms with van der Waals surface area (Å²) in [5, 5.41) is 0.111. The first-order valence-corrected chi connectivity index (χ1v) is 6.01. The Balaban J connectivity index is 0.000000980. The lowest BCUT2D eigenvalue weighted by atomic mass is 10.0. The summed E-state index contributed by atoms with van der Waals surface area (Å²) in [6.45, 7) is 0.943. The Morgan fingerprint density at radius 1 is 1.14 bits per heavy atom. The first-order chi connectivity index (χ1) is 6.31. The quantitative estimate of drug-likeness (QED) is 0.642. The predicted molar refractivity (Wildman–Crippen MR) is 64.6 cm³/mol. The maximum atomic E-state index is 5.91. The molecule has 78 valence electrons. The summed E-state index contributed by atoms with van der Waals surface area (Å²) in [7, 11) is 1.10. The molecule has 0 radical (unpaired) electrons. The first kappa shape index (κ1) is 11.5. The average molecular weight is 208 g/mol. The highest BCUT2D eigenvalue weighted by atomic mass is 28.1. The van der Waals surface area contributed by atoms with Crippen LogP contribution in [0, 0.1) is 0 Å². The van der Waals surface area contributed by atoms with Gasteiger partial charge < -0.3 is 4.74 Å². The van der Waals surface area contributed by atoms with Crippen molar-refractivity contribution in [2.75, 3.05) is 6.61 Å². The monoisotopic (exact) mass is 208 g/mol. The van der Waals surface area contributed by atoms with E-state index < -0.39 is 0 Å². The number of ether oxygens (including phenoxy) is 1. The van der Waals surface area contributed by atoms with Gasteiger partial charge in [0, 0.05) is 16.8 Å². The van der Waals surface area contributed by atoms with E-state index in [1.165, 1.54) is 24.8 Å². The molecule has 1 aliphatic heterocycles. The van der Waals surface area contributed by atoms with Crippen molar-refractivity contribution >= 4 is 10.2 Å². The van der Waals surface area contributed by atoms with Crippen molar-refractivity contribution in [3.63, 3.8) is 0 Å². The molecule has 0 aliphatic carbocycles. The van der Waals surface area contributed by atoms with Crippen LogP contribution in [-0.4, -0.2) is 16.8 Å². The summed E-state index contributed by atoms with van der Waals surface area (Å²) < 4.78 is 5.91. The SMILES string of the molecule is C.[SiH3]C1(c2ccccc2)CCCCO1. The molecule has 2 rings (SSSR count). The molecule has 0 aromatic heterocycles. The predicted octanol–water partition coefficient (Wildman–Crippen LogP) is 2.04. The highest BCUT2D eigenvalue weighted by molar-refractivity contribution is 6.14. The van der Waals surface area contributed by atoms with Crippen LogP contribution in [0.2, 0.25) is 0 Å². The van der Waals surface area contributed by atoms with E-state index in [2.05, 4.69) is 30.3 Å². The minimum atomic E-state index is 0. The summed E-state index contributed by atoms with van der Waals surface area (Å²) in [4.78, 5) is 0. The maximum absolute atomic E-state index is 5.91. The second-order valence-electron chi connectivity index (χ2n) is 3.90. The van der Waals surface area contributed by atoms with E-state index in [1.54, 1.807) is 0 Å². The highest BCUT2D eigenvalue weighted by Gasteiger charge is 2.28. The zero-order valence-corrected chi connectivity index (χ0v) is 10.1. The molecule has 1 aromatic rings. The summed E-state index contributed by atoms with van der Waals surface area (Å²) in [6, 6.07) is 10.7. The zero-order chi connectivity index (χ0) is 9.15. The molecule has 14 heavy (non-hydrogen) atoms. The normalized spacial score (nSPS) is 26.9.